The van der Waals surface area contributed by atoms with Gasteiger partial charge in [0, 0.05) is 16.6 Å². The molecule has 2 nitrogen and oxygen atoms in total. The molecular weight excluding hydrogens is 284 g/mol. The van der Waals surface area contributed by atoms with E-state index in [1.54, 1.807) is 11.8 Å². The lowest BCUT2D eigenvalue weighted by Crippen LogP contribution is -2.46. The maximum atomic E-state index is 12.0. The number of rotatable bonds is 3. The number of hydrogen-bond acceptors (Lipinski definition) is 3. The molecule has 0 spiro atoms. The molecule has 3 atom stereocenters. The molecule has 0 aromatic heterocycles. The highest BCUT2D eigenvalue weighted by molar-refractivity contribution is 9.10. The summed E-state index contributed by atoms with van der Waals surface area (Å²) in [6.07, 6.45) is 1.63. The van der Waals surface area contributed by atoms with Crippen molar-refractivity contribution in [1.82, 2.24) is 0 Å². The number of Topliss-reactive ketones (excluding diaryl/α,β-unsaturated/α-hetero) is 1. The Hall–Kier alpha value is 0.650. The number of halogens is 1. The minimum absolute atomic E-state index is 0.0861. The zero-order valence-electron chi connectivity index (χ0n) is 8.42. The summed E-state index contributed by atoms with van der Waals surface area (Å²) < 4.78 is 11.3. The van der Waals surface area contributed by atoms with Gasteiger partial charge in [0.05, 0.1) is 4.83 Å². The van der Waals surface area contributed by atoms with Crippen molar-refractivity contribution in [2.45, 2.75) is 35.6 Å². The predicted molar refractivity (Wildman–Crippen MR) is 66.5 cm³/mol. The summed E-state index contributed by atoms with van der Waals surface area (Å²) in [6.45, 7) is 3.76. The van der Waals surface area contributed by atoms with Gasteiger partial charge in [0.2, 0.25) is 0 Å². The van der Waals surface area contributed by atoms with E-state index in [2.05, 4.69) is 15.9 Å². The summed E-state index contributed by atoms with van der Waals surface area (Å²) in [5.74, 6) is 1.71. The van der Waals surface area contributed by atoms with Crippen LogP contribution in [0.15, 0.2) is 0 Å². The number of carbonyl (C=O) groups is 1. The first kappa shape index (κ1) is 12.7. The van der Waals surface area contributed by atoms with Gasteiger partial charge in [0.1, 0.15) is 4.08 Å². The number of thioether (sulfide) groups is 1. The van der Waals surface area contributed by atoms with Gasteiger partial charge in [0.25, 0.3) is 0 Å². The minimum Gasteiger partial charge on any atom is -0.296 e. The van der Waals surface area contributed by atoms with Crippen LogP contribution in [0.4, 0.5) is 0 Å². The van der Waals surface area contributed by atoms with E-state index in [9.17, 15) is 9.00 Å². The topological polar surface area (TPSA) is 34.1 Å². The lowest BCUT2D eigenvalue weighted by atomic mass is 10.2. The Balaban J connectivity index is 2.94. The molecule has 0 aliphatic carbocycles. The molecule has 0 amide bonds. The molecule has 1 saturated heterocycles. The van der Waals surface area contributed by atoms with Gasteiger partial charge in [-0.2, -0.15) is 0 Å². The van der Waals surface area contributed by atoms with Gasteiger partial charge in [0.15, 0.2) is 5.78 Å². The van der Waals surface area contributed by atoms with Gasteiger partial charge in [-0.3, -0.25) is 9.00 Å². The Kier molecular flexibility index (Phi) is 4.65. The zero-order valence-corrected chi connectivity index (χ0v) is 11.6. The van der Waals surface area contributed by atoms with Crippen molar-refractivity contribution in [2.75, 3.05) is 11.5 Å². The average molecular weight is 299 g/mol. The summed E-state index contributed by atoms with van der Waals surface area (Å²) in [5.41, 5.74) is 0. The largest absolute Gasteiger partial charge is 0.296 e. The fourth-order valence-electron chi connectivity index (χ4n) is 1.58. The molecule has 0 bridgehead atoms. The maximum absolute atomic E-state index is 12.0. The first-order valence-corrected chi connectivity index (χ1v) is 7.97. The molecule has 82 valence electrons. The highest BCUT2D eigenvalue weighted by Crippen LogP contribution is 2.39. The van der Waals surface area contributed by atoms with Gasteiger partial charge in [-0.05, 0) is 25.5 Å². The molecule has 5 heteroatoms. The van der Waals surface area contributed by atoms with Crippen molar-refractivity contribution >= 4 is 44.3 Å². The number of hydrogen-bond donors (Lipinski definition) is 0. The summed E-state index contributed by atoms with van der Waals surface area (Å²) in [4.78, 5) is 11.8. The molecule has 1 heterocycles. The third kappa shape index (κ3) is 2.25. The molecule has 0 radical (unpaired) electrons. The molecule has 0 N–H and O–H groups in total. The fraction of sp³-hybridized carbons (Fsp3) is 0.889. The first-order valence-electron chi connectivity index (χ1n) is 4.75. The average Bonchev–Trinajstić information content (AvgIpc) is 2.18. The quantitative estimate of drug-likeness (QED) is 0.750. The van der Waals surface area contributed by atoms with E-state index in [4.69, 9.17) is 0 Å². The highest BCUT2D eigenvalue weighted by Gasteiger charge is 2.46. The van der Waals surface area contributed by atoms with Crippen LogP contribution >= 0.6 is 27.7 Å². The van der Waals surface area contributed by atoms with Crippen LogP contribution in [0.5, 0.6) is 0 Å². The van der Waals surface area contributed by atoms with Crippen LogP contribution < -0.4 is 0 Å². The molecule has 0 saturated carbocycles. The first-order chi connectivity index (χ1) is 6.54. The summed E-state index contributed by atoms with van der Waals surface area (Å²) in [7, 11) is -1.00. The third-order valence-corrected chi connectivity index (χ3v) is 7.04. The van der Waals surface area contributed by atoms with Crippen molar-refractivity contribution in [1.29, 1.82) is 0 Å². The van der Waals surface area contributed by atoms with E-state index >= 15 is 0 Å². The van der Waals surface area contributed by atoms with Gasteiger partial charge >= 0.3 is 0 Å². The van der Waals surface area contributed by atoms with Crippen molar-refractivity contribution < 1.29 is 9.00 Å². The second kappa shape index (κ2) is 5.12. The smallest absolute Gasteiger partial charge is 0.174 e. The molecule has 0 aromatic carbocycles. The second-order valence-electron chi connectivity index (χ2n) is 3.34. The summed E-state index contributed by atoms with van der Waals surface area (Å²) >= 11 is 4.86. The SMILES string of the molecule is CC[C@]1(C(=O)[C@H](C)Br)SCCC[S@]1=O. The van der Waals surface area contributed by atoms with Gasteiger partial charge < -0.3 is 0 Å². The molecule has 1 aliphatic heterocycles. The lowest BCUT2D eigenvalue weighted by Gasteiger charge is -2.34. The Morgan fingerprint density at radius 3 is 2.79 bits per heavy atom. The van der Waals surface area contributed by atoms with Crippen molar-refractivity contribution in [2.24, 2.45) is 0 Å². The molecule has 1 rings (SSSR count). The Morgan fingerprint density at radius 1 is 1.71 bits per heavy atom. The van der Waals surface area contributed by atoms with Crippen LogP contribution in [0, 0.1) is 0 Å². The van der Waals surface area contributed by atoms with E-state index < -0.39 is 14.9 Å². The van der Waals surface area contributed by atoms with E-state index in [0.717, 1.165) is 12.2 Å². The third-order valence-electron chi connectivity index (χ3n) is 2.38. The van der Waals surface area contributed by atoms with E-state index in [1.165, 1.54) is 0 Å². The Labute approximate surface area is 100 Å². The molecule has 1 fully saturated rings. The van der Waals surface area contributed by atoms with Crippen LogP contribution in [0.1, 0.15) is 26.7 Å². The molecule has 14 heavy (non-hydrogen) atoms. The second-order valence-corrected chi connectivity index (χ2v) is 8.16. The van der Waals surface area contributed by atoms with Crippen molar-refractivity contribution in [3.05, 3.63) is 0 Å². The van der Waals surface area contributed by atoms with Crippen LogP contribution in [-0.2, 0) is 15.6 Å². The van der Waals surface area contributed by atoms with Crippen molar-refractivity contribution in [3.63, 3.8) is 0 Å². The van der Waals surface area contributed by atoms with Gasteiger partial charge in [-0.25, -0.2) is 0 Å². The molecule has 0 unspecified atom stereocenters. The fourth-order valence-corrected chi connectivity index (χ4v) is 6.08. The number of alkyl halides is 1. The highest BCUT2D eigenvalue weighted by atomic mass is 79.9. The Bertz CT molecular complexity index is 255. The van der Waals surface area contributed by atoms with Crippen molar-refractivity contribution in [3.8, 4) is 0 Å². The molecule has 0 aromatic rings. The van der Waals surface area contributed by atoms with E-state index in [1.807, 2.05) is 13.8 Å². The number of ketones is 1. The van der Waals surface area contributed by atoms with Crippen LogP contribution in [0.25, 0.3) is 0 Å². The molecule has 1 aliphatic rings. The van der Waals surface area contributed by atoms with Crippen LogP contribution in [0.2, 0.25) is 0 Å². The standard InChI is InChI=1S/C9H15BrO2S2/c1-3-9(8(11)7(2)10)13-5-4-6-14(9)12/h7H,3-6H2,1-2H3/t7-,9-,14+/m0/s1. The normalized spacial score (nSPS) is 35.2. The zero-order chi connectivity index (χ0) is 10.8. The summed E-state index contributed by atoms with van der Waals surface area (Å²) in [5, 5.41) is 0. The minimum atomic E-state index is -1.00. The van der Waals surface area contributed by atoms with Gasteiger partial charge in [-0.15, -0.1) is 11.8 Å². The summed E-state index contributed by atoms with van der Waals surface area (Å²) in [6, 6.07) is 0. The van der Waals surface area contributed by atoms with Gasteiger partial charge in [-0.1, -0.05) is 22.9 Å². The lowest BCUT2D eigenvalue weighted by molar-refractivity contribution is -0.118. The predicted octanol–water partition coefficient (Wildman–Crippen LogP) is 2.33. The maximum Gasteiger partial charge on any atom is 0.174 e. The van der Waals surface area contributed by atoms with E-state index in [0.29, 0.717) is 12.2 Å². The Morgan fingerprint density at radius 2 is 2.36 bits per heavy atom. The monoisotopic (exact) mass is 298 g/mol. The van der Waals surface area contributed by atoms with Crippen LogP contribution in [0.3, 0.4) is 0 Å². The number of carbonyl (C=O) groups excluding carboxylic acids is 1. The van der Waals surface area contributed by atoms with E-state index in [-0.39, 0.29) is 10.6 Å². The van der Waals surface area contributed by atoms with Crippen LogP contribution in [-0.4, -0.2) is 30.4 Å². The molecular formula is C9H15BrO2S2.